The Morgan fingerprint density at radius 3 is 2.89 bits per heavy atom. The van der Waals surface area contributed by atoms with Crippen molar-refractivity contribution >= 4 is 22.5 Å². The number of pyridine rings is 1. The molecule has 0 saturated carbocycles. The van der Waals surface area contributed by atoms with E-state index in [9.17, 15) is 0 Å². The summed E-state index contributed by atoms with van der Waals surface area (Å²) in [4.78, 5) is 4.38. The first-order valence-electron chi connectivity index (χ1n) is 6.09. The average Bonchev–Trinajstić information content (AvgIpc) is 2.37. The third kappa shape index (κ3) is 2.66. The lowest BCUT2D eigenvalue weighted by atomic mass is 10.1. The third-order valence-electron chi connectivity index (χ3n) is 3.13. The minimum atomic E-state index is 0.183. The molecule has 0 spiro atoms. The van der Waals surface area contributed by atoms with Crippen LogP contribution in [-0.2, 0) is 16.1 Å². The van der Waals surface area contributed by atoms with Crippen LogP contribution >= 0.6 is 11.6 Å². The van der Waals surface area contributed by atoms with Gasteiger partial charge in [0.2, 0.25) is 0 Å². The summed E-state index contributed by atoms with van der Waals surface area (Å²) < 4.78 is 15.9. The van der Waals surface area contributed by atoms with Crippen LogP contribution < -0.4 is 4.74 Å². The lowest BCUT2D eigenvalue weighted by Gasteiger charge is -2.26. The molecule has 1 aliphatic heterocycles. The van der Waals surface area contributed by atoms with Gasteiger partial charge in [-0.25, -0.2) is 4.98 Å². The van der Waals surface area contributed by atoms with E-state index in [1.165, 1.54) is 0 Å². The highest BCUT2D eigenvalue weighted by Gasteiger charge is 2.19. The maximum atomic E-state index is 6.18. The molecular formula is C14H14ClNO3. The Balaban J connectivity index is 1.85. The molecule has 0 atom stereocenters. The Morgan fingerprint density at radius 1 is 1.37 bits per heavy atom. The molecule has 0 amide bonds. The van der Waals surface area contributed by atoms with Crippen LogP contribution in [0.1, 0.15) is 5.56 Å². The second-order valence-corrected chi connectivity index (χ2v) is 4.83. The third-order valence-corrected chi connectivity index (χ3v) is 3.46. The molecule has 1 fully saturated rings. The number of benzene rings is 1. The highest BCUT2D eigenvalue weighted by Crippen LogP contribution is 2.25. The predicted octanol–water partition coefficient (Wildman–Crippen LogP) is 2.81. The molecule has 2 heterocycles. The normalized spacial score (nSPS) is 15.5. The van der Waals surface area contributed by atoms with Crippen molar-refractivity contribution in [3.05, 3.63) is 35.0 Å². The van der Waals surface area contributed by atoms with Crippen molar-refractivity contribution in [2.75, 3.05) is 20.3 Å². The fourth-order valence-electron chi connectivity index (χ4n) is 1.91. The first-order chi connectivity index (χ1) is 9.26. The molecule has 2 aromatic rings. The molecule has 19 heavy (non-hydrogen) atoms. The van der Waals surface area contributed by atoms with Gasteiger partial charge in [0, 0.05) is 17.0 Å². The highest BCUT2D eigenvalue weighted by molar-refractivity contribution is 6.30. The zero-order valence-corrected chi connectivity index (χ0v) is 11.3. The van der Waals surface area contributed by atoms with E-state index in [-0.39, 0.29) is 6.10 Å². The molecule has 1 saturated heterocycles. The summed E-state index contributed by atoms with van der Waals surface area (Å²) in [5.74, 6) is 0.770. The molecule has 0 N–H and O–H groups in total. The van der Waals surface area contributed by atoms with Crippen LogP contribution in [0, 0.1) is 0 Å². The van der Waals surface area contributed by atoms with Crippen LogP contribution in [0.2, 0.25) is 5.15 Å². The van der Waals surface area contributed by atoms with Gasteiger partial charge in [0.25, 0.3) is 0 Å². The number of aromatic nitrogens is 1. The quantitative estimate of drug-likeness (QED) is 0.807. The minimum absolute atomic E-state index is 0.183. The Hall–Kier alpha value is -1.36. The number of halogens is 1. The summed E-state index contributed by atoms with van der Waals surface area (Å²) in [5.41, 5.74) is 1.71. The van der Waals surface area contributed by atoms with Crippen LogP contribution in [0.5, 0.6) is 5.75 Å². The van der Waals surface area contributed by atoms with Gasteiger partial charge in [0.15, 0.2) is 0 Å². The van der Waals surface area contributed by atoms with Crippen LogP contribution in [0.15, 0.2) is 24.3 Å². The van der Waals surface area contributed by atoms with Crippen molar-refractivity contribution < 1.29 is 14.2 Å². The summed E-state index contributed by atoms with van der Waals surface area (Å²) in [7, 11) is 1.63. The van der Waals surface area contributed by atoms with Crippen molar-refractivity contribution in [3.8, 4) is 5.75 Å². The molecule has 1 aliphatic rings. The minimum Gasteiger partial charge on any atom is -0.497 e. The van der Waals surface area contributed by atoms with Gasteiger partial charge in [-0.05, 0) is 18.2 Å². The van der Waals surface area contributed by atoms with Crippen LogP contribution in [0.3, 0.4) is 0 Å². The highest BCUT2D eigenvalue weighted by atomic mass is 35.5. The van der Waals surface area contributed by atoms with Gasteiger partial charge in [-0.3, -0.25) is 0 Å². The molecule has 0 radical (unpaired) electrons. The summed E-state index contributed by atoms with van der Waals surface area (Å²) >= 11 is 6.18. The molecule has 100 valence electrons. The van der Waals surface area contributed by atoms with E-state index in [4.69, 9.17) is 25.8 Å². The first-order valence-corrected chi connectivity index (χ1v) is 6.46. The maximum absolute atomic E-state index is 6.18. The molecule has 1 aromatic carbocycles. The van der Waals surface area contributed by atoms with E-state index in [1.807, 2.05) is 24.3 Å². The van der Waals surface area contributed by atoms with Gasteiger partial charge in [0.1, 0.15) is 17.0 Å². The zero-order chi connectivity index (χ0) is 13.2. The van der Waals surface area contributed by atoms with Crippen molar-refractivity contribution in [2.24, 2.45) is 0 Å². The molecule has 3 rings (SSSR count). The zero-order valence-electron chi connectivity index (χ0n) is 10.6. The van der Waals surface area contributed by atoms with Crippen molar-refractivity contribution in [3.63, 3.8) is 0 Å². The molecule has 1 aromatic heterocycles. The van der Waals surface area contributed by atoms with Gasteiger partial charge in [-0.1, -0.05) is 11.6 Å². The molecule has 0 aliphatic carbocycles. The van der Waals surface area contributed by atoms with Crippen molar-refractivity contribution in [2.45, 2.75) is 12.7 Å². The van der Waals surface area contributed by atoms with E-state index in [1.54, 1.807) is 7.11 Å². The summed E-state index contributed by atoms with van der Waals surface area (Å²) in [6.45, 7) is 1.79. The summed E-state index contributed by atoms with van der Waals surface area (Å²) in [6, 6.07) is 7.74. The SMILES string of the molecule is COc1ccc2cc(COC3COC3)c(Cl)nc2c1. The number of nitrogens with zero attached hydrogens (tertiary/aromatic N) is 1. The van der Waals surface area contributed by atoms with E-state index in [0.717, 1.165) is 22.2 Å². The van der Waals surface area contributed by atoms with E-state index in [2.05, 4.69) is 4.98 Å². The van der Waals surface area contributed by atoms with Crippen molar-refractivity contribution in [1.82, 2.24) is 4.98 Å². The van der Waals surface area contributed by atoms with E-state index >= 15 is 0 Å². The number of hydrogen-bond donors (Lipinski definition) is 0. The van der Waals surface area contributed by atoms with Crippen LogP contribution in [0.4, 0.5) is 0 Å². The van der Waals surface area contributed by atoms with Gasteiger partial charge in [-0.2, -0.15) is 0 Å². The lowest BCUT2D eigenvalue weighted by molar-refractivity contribution is -0.135. The fraction of sp³-hybridized carbons (Fsp3) is 0.357. The second kappa shape index (κ2) is 5.33. The number of methoxy groups -OCH3 is 1. The fourth-order valence-corrected chi connectivity index (χ4v) is 2.11. The Labute approximate surface area is 116 Å². The van der Waals surface area contributed by atoms with Gasteiger partial charge in [0.05, 0.1) is 32.4 Å². The summed E-state index contributed by atoms with van der Waals surface area (Å²) in [5, 5.41) is 1.50. The Morgan fingerprint density at radius 2 is 2.21 bits per heavy atom. The number of fused-ring (bicyclic) bond motifs is 1. The topological polar surface area (TPSA) is 40.6 Å². The predicted molar refractivity (Wildman–Crippen MR) is 72.7 cm³/mol. The van der Waals surface area contributed by atoms with Gasteiger partial charge < -0.3 is 14.2 Å². The number of rotatable bonds is 4. The van der Waals surface area contributed by atoms with Gasteiger partial charge in [-0.15, -0.1) is 0 Å². The smallest absolute Gasteiger partial charge is 0.135 e. The van der Waals surface area contributed by atoms with Crippen LogP contribution in [-0.4, -0.2) is 31.4 Å². The standard InChI is InChI=1S/C14H14ClNO3/c1-17-11-3-2-9-4-10(6-19-12-7-18-8-12)14(15)16-13(9)5-11/h2-5,12H,6-8H2,1H3. The first kappa shape index (κ1) is 12.7. The van der Waals surface area contributed by atoms with Crippen LogP contribution in [0.25, 0.3) is 10.9 Å². The van der Waals surface area contributed by atoms with E-state index in [0.29, 0.717) is 25.0 Å². The molecule has 0 unspecified atom stereocenters. The molecule has 4 nitrogen and oxygen atoms in total. The maximum Gasteiger partial charge on any atom is 0.135 e. The average molecular weight is 280 g/mol. The molecule has 0 bridgehead atoms. The summed E-state index contributed by atoms with van der Waals surface area (Å²) in [6.07, 6.45) is 0.183. The number of hydrogen-bond acceptors (Lipinski definition) is 4. The van der Waals surface area contributed by atoms with E-state index < -0.39 is 0 Å². The monoisotopic (exact) mass is 279 g/mol. The van der Waals surface area contributed by atoms with Crippen molar-refractivity contribution in [1.29, 1.82) is 0 Å². The lowest BCUT2D eigenvalue weighted by Crippen LogP contribution is -2.35. The molecule has 5 heteroatoms. The Bertz CT molecular complexity index is 599. The molecular weight excluding hydrogens is 266 g/mol. The number of ether oxygens (including phenoxy) is 3. The second-order valence-electron chi connectivity index (χ2n) is 4.47. The Kier molecular flexibility index (Phi) is 3.55. The largest absolute Gasteiger partial charge is 0.497 e. The van der Waals surface area contributed by atoms with Gasteiger partial charge >= 0.3 is 0 Å².